The molecule has 1 saturated carbocycles. The lowest BCUT2D eigenvalue weighted by molar-refractivity contribution is 0.329. The van der Waals surface area contributed by atoms with E-state index in [0.29, 0.717) is 12.6 Å². The molecule has 6 heteroatoms. The number of imidazole rings is 1. The van der Waals surface area contributed by atoms with Gasteiger partial charge in [-0.15, -0.1) is 0 Å². The molecule has 128 valence electrons. The second-order valence-electron chi connectivity index (χ2n) is 6.52. The molecule has 2 aromatic heterocycles. The first-order valence-electron chi connectivity index (χ1n) is 8.65. The second-order valence-corrected chi connectivity index (χ2v) is 6.52. The van der Waals surface area contributed by atoms with E-state index in [1.54, 1.807) is 12.5 Å². The number of pyridine rings is 1. The Morgan fingerprint density at radius 2 is 2.12 bits per heavy atom. The summed E-state index contributed by atoms with van der Waals surface area (Å²) in [4.78, 5) is 12.8. The van der Waals surface area contributed by atoms with Crippen molar-refractivity contribution >= 4 is 5.96 Å². The Morgan fingerprint density at radius 1 is 1.29 bits per heavy atom. The molecule has 3 rings (SSSR count). The van der Waals surface area contributed by atoms with Crippen molar-refractivity contribution in [1.29, 1.82) is 0 Å². The maximum absolute atomic E-state index is 4.38. The lowest BCUT2D eigenvalue weighted by Gasteiger charge is -2.28. The number of guanidine groups is 1. The maximum atomic E-state index is 4.38. The van der Waals surface area contributed by atoms with Crippen LogP contribution in [0.15, 0.2) is 42.0 Å². The number of rotatable bonds is 4. The van der Waals surface area contributed by atoms with Gasteiger partial charge in [0.2, 0.25) is 0 Å². The molecule has 0 aliphatic heterocycles. The molecular weight excluding hydrogens is 300 g/mol. The Hall–Kier alpha value is -2.37. The summed E-state index contributed by atoms with van der Waals surface area (Å²) in [7, 11) is 1.82. The van der Waals surface area contributed by atoms with Crippen LogP contribution in [0, 0.1) is 5.92 Å². The van der Waals surface area contributed by atoms with Crippen molar-refractivity contribution in [3.05, 3.63) is 42.6 Å². The molecule has 24 heavy (non-hydrogen) atoms. The zero-order valence-electron chi connectivity index (χ0n) is 14.4. The third kappa shape index (κ3) is 4.34. The highest BCUT2D eigenvalue weighted by molar-refractivity contribution is 5.79. The van der Waals surface area contributed by atoms with E-state index < -0.39 is 0 Å². The van der Waals surface area contributed by atoms with Crippen LogP contribution in [0.2, 0.25) is 0 Å². The molecule has 1 fully saturated rings. The average Bonchev–Trinajstić information content (AvgIpc) is 3.15. The first kappa shape index (κ1) is 16.5. The first-order valence-corrected chi connectivity index (χ1v) is 8.65. The predicted octanol–water partition coefficient (Wildman–Crippen LogP) is 2.51. The molecule has 0 spiro atoms. The van der Waals surface area contributed by atoms with Crippen LogP contribution in [0.4, 0.5) is 0 Å². The van der Waals surface area contributed by atoms with Gasteiger partial charge in [-0.25, -0.2) is 9.97 Å². The van der Waals surface area contributed by atoms with E-state index in [1.807, 2.05) is 30.1 Å². The minimum absolute atomic E-state index is 0.534. The van der Waals surface area contributed by atoms with Gasteiger partial charge in [0.1, 0.15) is 12.1 Å². The third-order valence-corrected chi connectivity index (χ3v) is 4.62. The summed E-state index contributed by atoms with van der Waals surface area (Å²) in [5.41, 5.74) is 1.16. The standard InChI is InChI=1S/C18H26N6/c1-14-3-5-16(6-4-14)23-18(19-2)22-12-15-7-8-21-17(11-15)24-10-9-20-13-24/h7-11,13-14,16H,3-6,12H2,1-2H3,(H2,19,22,23). The van der Waals surface area contributed by atoms with Crippen molar-refractivity contribution in [1.82, 2.24) is 25.2 Å². The van der Waals surface area contributed by atoms with E-state index in [1.165, 1.54) is 25.7 Å². The van der Waals surface area contributed by atoms with E-state index in [9.17, 15) is 0 Å². The Bertz CT molecular complexity index is 656. The molecule has 6 nitrogen and oxygen atoms in total. The smallest absolute Gasteiger partial charge is 0.191 e. The number of aliphatic imine (C=N–C) groups is 1. The number of nitrogens with one attached hydrogen (secondary N) is 2. The van der Waals surface area contributed by atoms with Gasteiger partial charge in [-0.1, -0.05) is 6.92 Å². The van der Waals surface area contributed by atoms with Crippen LogP contribution in [0.25, 0.3) is 5.82 Å². The van der Waals surface area contributed by atoms with E-state index in [4.69, 9.17) is 0 Å². The van der Waals surface area contributed by atoms with Crippen LogP contribution >= 0.6 is 0 Å². The lowest BCUT2D eigenvalue weighted by atomic mass is 9.87. The van der Waals surface area contributed by atoms with E-state index in [0.717, 1.165) is 23.3 Å². The van der Waals surface area contributed by atoms with Crippen LogP contribution in [0.1, 0.15) is 38.2 Å². The van der Waals surface area contributed by atoms with Gasteiger partial charge in [-0.05, 0) is 49.3 Å². The highest BCUT2D eigenvalue weighted by atomic mass is 15.2. The Morgan fingerprint density at radius 3 is 2.83 bits per heavy atom. The molecule has 0 saturated heterocycles. The van der Waals surface area contributed by atoms with E-state index >= 15 is 0 Å². The number of nitrogens with zero attached hydrogens (tertiary/aromatic N) is 4. The largest absolute Gasteiger partial charge is 0.354 e. The van der Waals surface area contributed by atoms with Crippen LogP contribution in [-0.2, 0) is 6.54 Å². The van der Waals surface area contributed by atoms with Crippen molar-refractivity contribution in [2.75, 3.05) is 7.05 Å². The topological polar surface area (TPSA) is 67.1 Å². The molecule has 0 bridgehead atoms. The number of hydrogen-bond acceptors (Lipinski definition) is 3. The van der Waals surface area contributed by atoms with Crippen LogP contribution in [0.3, 0.4) is 0 Å². The average molecular weight is 326 g/mol. The van der Waals surface area contributed by atoms with Crippen molar-refractivity contribution in [3.8, 4) is 5.82 Å². The number of hydrogen-bond donors (Lipinski definition) is 2. The summed E-state index contributed by atoms with van der Waals surface area (Å²) in [5, 5.41) is 6.95. The molecule has 0 radical (unpaired) electrons. The molecule has 0 unspecified atom stereocenters. The quantitative estimate of drug-likeness (QED) is 0.669. The fraction of sp³-hybridized carbons (Fsp3) is 0.500. The summed E-state index contributed by atoms with van der Waals surface area (Å²) in [6.07, 6.45) is 12.3. The van der Waals surface area contributed by atoms with Crippen LogP contribution < -0.4 is 10.6 Å². The van der Waals surface area contributed by atoms with Gasteiger partial charge in [-0.3, -0.25) is 9.56 Å². The maximum Gasteiger partial charge on any atom is 0.191 e. The minimum atomic E-state index is 0.534. The van der Waals surface area contributed by atoms with Crippen LogP contribution in [-0.4, -0.2) is 33.6 Å². The molecular formula is C18H26N6. The van der Waals surface area contributed by atoms with Crippen molar-refractivity contribution in [2.24, 2.45) is 10.9 Å². The van der Waals surface area contributed by atoms with Crippen molar-refractivity contribution < 1.29 is 0 Å². The van der Waals surface area contributed by atoms with E-state index in [2.05, 4.69) is 38.6 Å². The summed E-state index contributed by atoms with van der Waals surface area (Å²) in [5.74, 6) is 2.60. The summed E-state index contributed by atoms with van der Waals surface area (Å²) >= 11 is 0. The van der Waals surface area contributed by atoms with Crippen LogP contribution in [0.5, 0.6) is 0 Å². The fourth-order valence-electron chi connectivity index (χ4n) is 3.08. The Kier molecular flexibility index (Phi) is 5.46. The van der Waals surface area contributed by atoms with Gasteiger partial charge < -0.3 is 10.6 Å². The molecule has 2 aromatic rings. The SMILES string of the molecule is CN=C(NCc1ccnc(-n2ccnc2)c1)NC1CCC(C)CC1. The van der Waals surface area contributed by atoms with E-state index in [-0.39, 0.29) is 0 Å². The van der Waals surface area contributed by atoms with Gasteiger partial charge in [-0.2, -0.15) is 0 Å². The van der Waals surface area contributed by atoms with Gasteiger partial charge >= 0.3 is 0 Å². The molecule has 0 atom stereocenters. The normalized spacial score (nSPS) is 21.5. The first-order chi connectivity index (χ1) is 11.7. The molecule has 2 heterocycles. The summed E-state index contributed by atoms with van der Waals surface area (Å²) < 4.78 is 1.90. The minimum Gasteiger partial charge on any atom is -0.354 e. The molecule has 2 N–H and O–H groups in total. The zero-order valence-corrected chi connectivity index (χ0v) is 14.4. The molecule has 0 aromatic carbocycles. The summed E-state index contributed by atoms with van der Waals surface area (Å²) in [6.45, 7) is 3.05. The molecule has 1 aliphatic carbocycles. The zero-order chi connectivity index (χ0) is 16.8. The predicted molar refractivity (Wildman–Crippen MR) is 96.1 cm³/mol. The Labute approximate surface area is 143 Å². The molecule has 0 amide bonds. The second kappa shape index (κ2) is 7.95. The van der Waals surface area contributed by atoms with Gasteiger partial charge in [0, 0.05) is 38.2 Å². The highest BCUT2D eigenvalue weighted by Crippen LogP contribution is 2.23. The van der Waals surface area contributed by atoms with Crippen molar-refractivity contribution in [3.63, 3.8) is 0 Å². The lowest BCUT2D eigenvalue weighted by Crippen LogP contribution is -2.44. The monoisotopic (exact) mass is 326 g/mol. The van der Waals surface area contributed by atoms with Gasteiger partial charge in [0.25, 0.3) is 0 Å². The van der Waals surface area contributed by atoms with Crippen molar-refractivity contribution in [2.45, 2.75) is 45.2 Å². The number of aromatic nitrogens is 3. The molecule has 1 aliphatic rings. The third-order valence-electron chi connectivity index (χ3n) is 4.62. The highest BCUT2D eigenvalue weighted by Gasteiger charge is 2.18. The fourth-order valence-corrected chi connectivity index (χ4v) is 3.08. The van der Waals surface area contributed by atoms with Gasteiger partial charge in [0.05, 0.1) is 0 Å². The summed E-state index contributed by atoms with van der Waals surface area (Å²) in [6, 6.07) is 4.61. The Balaban J connectivity index is 1.55. The van der Waals surface area contributed by atoms with Gasteiger partial charge in [0.15, 0.2) is 5.96 Å².